The summed E-state index contributed by atoms with van der Waals surface area (Å²) in [6.07, 6.45) is 10.1. The highest BCUT2D eigenvalue weighted by molar-refractivity contribution is 5.92. The number of likely N-dealkylation sites (N-methyl/N-ethyl adjacent to an activating group) is 1. The Balaban J connectivity index is -0.000000333. The first kappa shape index (κ1) is 26.3. The van der Waals surface area contributed by atoms with Crippen molar-refractivity contribution in [1.29, 1.82) is 0 Å². The first-order valence-electron chi connectivity index (χ1n) is 7.60. The maximum absolute atomic E-state index is 10.8. The number of amides is 1. The van der Waals surface area contributed by atoms with Crippen molar-refractivity contribution in [2.45, 2.75) is 27.7 Å². The van der Waals surface area contributed by atoms with Gasteiger partial charge in [-0.15, -0.1) is 0 Å². The number of allylic oxidation sites excluding steroid dienone is 6. The van der Waals surface area contributed by atoms with Crippen LogP contribution < -0.4 is 5.32 Å². The van der Waals surface area contributed by atoms with Gasteiger partial charge in [0.15, 0.2) is 0 Å². The Bertz CT molecular complexity index is 509. The van der Waals surface area contributed by atoms with Crippen LogP contribution in [-0.2, 0) is 14.3 Å². The first-order valence-corrected chi connectivity index (χ1v) is 7.60. The molecule has 1 amide bonds. The summed E-state index contributed by atoms with van der Waals surface area (Å²) in [5.74, 6) is -0.489. The largest absolute Gasteiger partial charge is 0.465 e. The summed E-state index contributed by atoms with van der Waals surface area (Å²) in [6, 6.07) is 0. The fourth-order valence-corrected chi connectivity index (χ4v) is 1.11. The summed E-state index contributed by atoms with van der Waals surface area (Å²) in [5.41, 5.74) is 2.04. The molecule has 0 aliphatic carbocycles. The van der Waals surface area contributed by atoms with Crippen LogP contribution in [0.15, 0.2) is 72.9 Å². The molecule has 0 aromatic rings. The highest BCUT2D eigenvalue weighted by Crippen LogP contribution is 2.07. The lowest BCUT2D eigenvalue weighted by molar-refractivity contribution is -0.135. The zero-order valence-electron chi connectivity index (χ0n) is 15.8. The van der Waals surface area contributed by atoms with E-state index in [0.29, 0.717) is 5.57 Å². The van der Waals surface area contributed by atoms with Crippen molar-refractivity contribution in [3.8, 4) is 0 Å². The molecule has 134 valence electrons. The SMILES string of the molecule is C=C/C=C(/C)C(=C)C(=O)OC.C=C/C=C\C(C)=C\C(=O)NC.CC. The summed E-state index contributed by atoms with van der Waals surface area (Å²) in [7, 11) is 2.93. The van der Waals surface area contributed by atoms with E-state index in [-0.39, 0.29) is 5.91 Å². The molecule has 4 nitrogen and oxygen atoms in total. The Morgan fingerprint density at radius 3 is 2.00 bits per heavy atom. The van der Waals surface area contributed by atoms with Crippen molar-refractivity contribution in [2.24, 2.45) is 0 Å². The van der Waals surface area contributed by atoms with E-state index in [1.165, 1.54) is 13.2 Å². The molecule has 0 bridgehead atoms. The van der Waals surface area contributed by atoms with Gasteiger partial charge in [0.1, 0.15) is 0 Å². The van der Waals surface area contributed by atoms with E-state index < -0.39 is 5.97 Å². The number of nitrogens with one attached hydrogen (secondary N) is 1. The van der Waals surface area contributed by atoms with Crippen molar-refractivity contribution < 1.29 is 14.3 Å². The normalized spacial score (nSPS) is 10.4. The van der Waals surface area contributed by atoms with Gasteiger partial charge in [-0.05, 0) is 25.0 Å². The Morgan fingerprint density at radius 1 is 1.08 bits per heavy atom. The molecular weight excluding hydrogens is 302 g/mol. The Morgan fingerprint density at radius 2 is 1.62 bits per heavy atom. The molecule has 4 heteroatoms. The van der Waals surface area contributed by atoms with Crippen LogP contribution >= 0.6 is 0 Å². The lowest BCUT2D eigenvalue weighted by atomic mass is 10.1. The van der Waals surface area contributed by atoms with Gasteiger partial charge < -0.3 is 10.1 Å². The van der Waals surface area contributed by atoms with E-state index in [9.17, 15) is 9.59 Å². The van der Waals surface area contributed by atoms with Gasteiger partial charge in [0.25, 0.3) is 0 Å². The summed E-state index contributed by atoms with van der Waals surface area (Å²) < 4.78 is 4.47. The van der Waals surface area contributed by atoms with Crippen LogP contribution in [0.3, 0.4) is 0 Å². The number of methoxy groups -OCH3 is 1. The third kappa shape index (κ3) is 15.8. The monoisotopic (exact) mass is 333 g/mol. The number of carbonyl (C=O) groups excluding carboxylic acids is 2. The number of ether oxygens (including phenoxy) is 1. The van der Waals surface area contributed by atoms with Gasteiger partial charge in [0.2, 0.25) is 5.91 Å². The Hall–Kier alpha value is -2.62. The third-order valence-corrected chi connectivity index (χ3v) is 2.38. The van der Waals surface area contributed by atoms with E-state index in [4.69, 9.17) is 0 Å². The van der Waals surface area contributed by atoms with Crippen LogP contribution in [0.5, 0.6) is 0 Å². The fraction of sp³-hybridized carbons (Fsp3) is 0.300. The molecule has 0 unspecified atom stereocenters. The van der Waals surface area contributed by atoms with Crippen LogP contribution in [0.1, 0.15) is 27.7 Å². The molecule has 0 aromatic carbocycles. The van der Waals surface area contributed by atoms with Crippen molar-refractivity contribution in [2.75, 3.05) is 14.2 Å². The smallest absolute Gasteiger partial charge is 0.337 e. The molecule has 0 aliphatic rings. The van der Waals surface area contributed by atoms with Gasteiger partial charge in [-0.3, -0.25) is 4.79 Å². The minimum absolute atomic E-state index is 0.0868. The van der Waals surface area contributed by atoms with Gasteiger partial charge in [0.05, 0.1) is 12.7 Å². The van der Waals surface area contributed by atoms with E-state index in [0.717, 1.165) is 11.1 Å². The number of hydrogen-bond donors (Lipinski definition) is 1. The van der Waals surface area contributed by atoms with Crippen LogP contribution in [0, 0.1) is 0 Å². The molecule has 0 fully saturated rings. The molecule has 0 radical (unpaired) electrons. The van der Waals surface area contributed by atoms with Crippen LogP contribution in [-0.4, -0.2) is 26.0 Å². The lowest BCUT2D eigenvalue weighted by Crippen LogP contribution is -2.14. The van der Waals surface area contributed by atoms with Crippen molar-refractivity contribution in [3.05, 3.63) is 72.9 Å². The second kappa shape index (κ2) is 18.4. The van der Waals surface area contributed by atoms with Gasteiger partial charge >= 0.3 is 5.97 Å². The van der Waals surface area contributed by atoms with Crippen LogP contribution in [0.4, 0.5) is 0 Å². The highest BCUT2D eigenvalue weighted by atomic mass is 16.5. The molecule has 24 heavy (non-hydrogen) atoms. The average Bonchev–Trinajstić information content (AvgIpc) is 2.60. The number of carbonyl (C=O) groups is 2. The van der Waals surface area contributed by atoms with E-state index >= 15 is 0 Å². The average molecular weight is 333 g/mol. The summed E-state index contributed by atoms with van der Waals surface area (Å²) >= 11 is 0. The zero-order chi connectivity index (χ0) is 19.5. The molecule has 0 heterocycles. The predicted molar refractivity (Wildman–Crippen MR) is 104 cm³/mol. The standard InChI is InChI=1S/C9H13NO.C9H12O2.C2H6/c1-4-5-6-8(2)7-9(11)10-3;1-5-6-7(2)8(3)9(10)11-4;1-2/h4-7H,1H2,2-3H3,(H,10,11);5-6H,1,3H2,2,4H3;1-2H3/b6-5-,8-7+;7-6-;. The Labute approximate surface area is 147 Å². The maximum atomic E-state index is 10.8. The molecule has 0 saturated carbocycles. The minimum atomic E-state index is -0.402. The fourth-order valence-electron chi connectivity index (χ4n) is 1.11. The number of hydrogen-bond acceptors (Lipinski definition) is 3. The van der Waals surface area contributed by atoms with Gasteiger partial charge in [-0.1, -0.05) is 64.0 Å². The molecule has 0 spiro atoms. The second-order valence-corrected chi connectivity index (χ2v) is 4.15. The number of esters is 1. The number of rotatable bonds is 6. The highest BCUT2D eigenvalue weighted by Gasteiger charge is 2.06. The molecule has 0 atom stereocenters. The van der Waals surface area contributed by atoms with E-state index in [1.807, 2.05) is 26.8 Å². The molecule has 0 rings (SSSR count). The molecule has 0 aliphatic heterocycles. The quantitative estimate of drug-likeness (QED) is 0.448. The molecule has 0 aromatic heterocycles. The maximum Gasteiger partial charge on any atom is 0.337 e. The third-order valence-electron chi connectivity index (χ3n) is 2.38. The van der Waals surface area contributed by atoms with Gasteiger partial charge in [-0.25, -0.2) is 4.79 Å². The summed E-state index contributed by atoms with van der Waals surface area (Å²) in [4.78, 5) is 21.6. The Kier molecular flexibility index (Phi) is 20.2. The molecule has 0 saturated heterocycles. The predicted octanol–water partition coefficient (Wildman–Crippen LogP) is 4.30. The lowest BCUT2D eigenvalue weighted by Gasteiger charge is -2.01. The van der Waals surface area contributed by atoms with E-state index in [2.05, 4.69) is 29.8 Å². The van der Waals surface area contributed by atoms with Crippen LogP contribution in [0.2, 0.25) is 0 Å². The van der Waals surface area contributed by atoms with Crippen molar-refractivity contribution in [3.63, 3.8) is 0 Å². The summed E-state index contributed by atoms with van der Waals surface area (Å²) in [6.45, 7) is 18.2. The summed E-state index contributed by atoms with van der Waals surface area (Å²) in [5, 5.41) is 2.50. The van der Waals surface area contributed by atoms with Gasteiger partial charge in [-0.2, -0.15) is 0 Å². The second-order valence-electron chi connectivity index (χ2n) is 4.15. The van der Waals surface area contributed by atoms with Crippen molar-refractivity contribution in [1.82, 2.24) is 5.32 Å². The molecule has 1 N–H and O–H groups in total. The van der Waals surface area contributed by atoms with Crippen molar-refractivity contribution >= 4 is 11.9 Å². The minimum Gasteiger partial charge on any atom is -0.465 e. The van der Waals surface area contributed by atoms with Crippen LogP contribution in [0.25, 0.3) is 0 Å². The topological polar surface area (TPSA) is 55.4 Å². The van der Waals surface area contributed by atoms with E-state index in [1.54, 1.807) is 38.3 Å². The van der Waals surface area contributed by atoms with Gasteiger partial charge in [0, 0.05) is 13.1 Å². The first-order chi connectivity index (χ1) is 11.3. The zero-order valence-corrected chi connectivity index (χ0v) is 15.8. The molecular formula is C20H31NO3.